The molecule has 10 heteroatoms. The Morgan fingerprint density at radius 3 is 2.50 bits per heavy atom. The first-order valence-corrected chi connectivity index (χ1v) is 8.28. The van der Waals surface area contributed by atoms with Gasteiger partial charge < -0.3 is 10.6 Å². The SMILES string of the molecule is CC(=O)Nc1cc(Nc2ccnc(C(C)(F)F)n2)c(-c2ccnc(C)n2)cn1. The van der Waals surface area contributed by atoms with Crippen LogP contribution in [0, 0.1) is 6.92 Å². The number of hydrogen-bond donors (Lipinski definition) is 2. The van der Waals surface area contributed by atoms with Gasteiger partial charge in [0, 0.05) is 44.1 Å². The molecule has 0 aliphatic carbocycles. The maximum absolute atomic E-state index is 13.5. The van der Waals surface area contributed by atoms with Crippen LogP contribution in [0.25, 0.3) is 11.3 Å². The summed E-state index contributed by atoms with van der Waals surface area (Å²) in [6.45, 7) is 3.83. The zero-order chi connectivity index (χ0) is 20.3. The first-order valence-electron chi connectivity index (χ1n) is 8.28. The van der Waals surface area contributed by atoms with Crippen molar-refractivity contribution in [2.45, 2.75) is 26.7 Å². The number of rotatable bonds is 5. The number of anilines is 3. The van der Waals surface area contributed by atoms with Gasteiger partial charge in [-0.05, 0) is 19.1 Å². The highest BCUT2D eigenvalue weighted by Gasteiger charge is 2.28. The van der Waals surface area contributed by atoms with Gasteiger partial charge >= 0.3 is 5.92 Å². The van der Waals surface area contributed by atoms with Gasteiger partial charge in [-0.15, -0.1) is 0 Å². The number of aromatic nitrogens is 5. The maximum atomic E-state index is 13.5. The Bertz CT molecular complexity index is 1020. The predicted octanol–water partition coefficient (Wildman–Crippen LogP) is 3.45. The van der Waals surface area contributed by atoms with E-state index in [4.69, 9.17) is 0 Å². The topological polar surface area (TPSA) is 106 Å². The van der Waals surface area contributed by atoms with Crippen molar-refractivity contribution < 1.29 is 13.6 Å². The Balaban J connectivity index is 2.05. The third kappa shape index (κ3) is 4.58. The second-order valence-electron chi connectivity index (χ2n) is 6.06. The van der Waals surface area contributed by atoms with Crippen molar-refractivity contribution in [1.82, 2.24) is 24.9 Å². The molecule has 8 nitrogen and oxygen atoms in total. The number of aryl methyl sites for hydroxylation is 1. The second-order valence-corrected chi connectivity index (χ2v) is 6.06. The summed E-state index contributed by atoms with van der Waals surface area (Å²) >= 11 is 0. The summed E-state index contributed by atoms with van der Waals surface area (Å²) in [5, 5.41) is 5.56. The summed E-state index contributed by atoms with van der Waals surface area (Å²) in [7, 11) is 0. The highest BCUT2D eigenvalue weighted by molar-refractivity contribution is 5.89. The minimum absolute atomic E-state index is 0.165. The van der Waals surface area contributed by atoms with Crippen molar-refractivity contribution in [2.75, 3.05) is 10.6 Å². The highest BCUT2D eigenvalue weighted by atomic mass is 19.3. The molecule has 0 saturated heterocycles. The summed E-state index contributed by atoms with van der Waals surface area (Å²) in [5.74, 6) is -3.06. The Labute approximate surface area is 159 Å². The number of carbonyl (C=O) groups is 1. The molecule has 3 aromatic rings. The van der Waals surface area contributed by atoms with Gasteiger partial charge in [-0.2, -0.15) is 8.78 Å². The summed E-state index contributed by atoms with van der Waals surface area (Å²) < 4.78 is 27.1. The van der Waals surface area contributed by atoms with Crippen molar-refractivity contribution >= 4 is 23.2 Å². The zero-order valence-electron chi connectivity index (χ0n) is 15.4. The van der Waals surface area contributed by atoms with Crippen LogP contribution in [0.5, 0.6) is 0 Å². The molecule has 144 valence electrons. The van der Waals surface area contributed by atoms with E-state index in [1.54, 1.807) is 25.3 Å². The van der Waals surface area contributed by atoms with Crippen molar-refractivity contribution in [2.24, 2.45) is 0 Å². The van der Waals surface area contributed by atoms with Crippen molar-refractivity contribution in [3.05, 3.63) is 48.4 Å². The van der Waals surface area contributed by atoms with E-state index in [0.717, 1.165) is 6.92 Å². The molecular formula is C18H17F2N7O. The average Bonchev–Trinajstić information content (AvgIpc) is 2.61. The zero-order valence-corrected chi connectivity index (χ0v) is 15.4. The lowest BCUT2D eigenvalue weighted by Gasteiger charge is -2.14. The number of pyridine rings is 1. The van der Waals surface area contributed by atoms with Crippen LogP contribution in [0.4, 0.5) is 26.1 Å². The van der Waals surface area contributed by atoms with Gasteiger partial charge in [0.1, 0.15) is 17.5 Å². The molecule has 0 fully saturated rings. The third-order valence-corrected chi connectivity index (χ3v) is 3.57. The molecule has 1 amide bonds. The van der Waals surface area contributed by atoms with E-state index in [-0.39, 0.29) is 11.7 Å². The number of nitrogens with zero attached hydrogens (tertiary/aromatic N) is 5. The van der Waals surface area contributed by atoms with Gasteiger partial charge in [-0.25, -0.2) is 24.9 Å². The van der Waals surface area contributed by atoms with E-state index in [9.17, 15) is 13.6 Å². The Morgan fingerprint density at radius 2 is 1.82 bits per heavy atom. The molecule has 2 N–H and O–H groups in total. The fraction of sp³-hybridized carbons (Fsp3) is 0.222. The standard InChI is InChI=1S/C18H17F2N7O/c1-10-21-6-4-13(24-10)12-9-23-16(25-11(2)28)8-14(12)26-15-5-7-22-17(27-15)18(3,19)20/h4-9H,1-3H3,(H2,22,23,25,26,27,28). The van der Waals surface area contributed by atoms with E-state index in [1.807, 2.05) is 0 Å². The van der Waals surface area contributed by atoms with Crippen molar-refractivity contribution in [3.8, 4) is 11.3 Å². The molecule has 0 radical (unpaired) electrons. The second kappa shape index (κ2) is 7.59. The Kier molecular flexibility index (Phi) is 5.21. The van der Waals surface area contributed by atoms with Crippen LogP contribution < -0.4 is 10.6 Å². The lowest BCUT2D eigenvalue weighted by atomic mass is 10.1. The van der Waals surface area contributed by atoms with Crippen LogP contribution in [0.2, 0.25) is 0 Å². The summed E-state index contributed by atoms with van der Waals surface area (Å²) in [6, 6.07) is 4.72. The molecule has 0 saturated carbocycles. The number of halogens is 2. The quantitative estimate of drug-likeness (QED) is 0.693. The Morgan fingerprint density at radius 1 is 1.07 bits per heavy atom. The van der Waals surface area contributed by atoms with Crippen LogP contribution in [-0.4, -0.2) is 30.8 Å². The molecule has 0 unspecified atom stereocenters. The van der Waals surface area contributed by atoms with Crippen molar-refractivity contribution in [3.63, 3.8) is 0 Å². The monoisotopic (exact) mass is 385 g/mol. The predicted molar refractivity (Wildman–Crippen MR) is 99.2 cm³/mol. The number of alkyl halides is 2. The molecule has 0 aliphatic heterocycles. The number of hydrogen-bond acceptors (Lipinski definition) is 7. The molecule has 0 spiro atoms. The van der Waals surface area contributed by atoms with E-state index >= 15 is 0 Å². The molecule has 0 aromatic carbocycles. The van der Waals surface area contributed by atoms with Gasteiger partial charge in [-0.3, -0.25) is 4.79 Å². The number of amides is 1. The van der Waals surface area contributed by atoms with Crippen LogP contribution in [0.3, 0.4) is 0 Å². The van der Waals surface area contributed by atoms with Crippen molar-refractivity contribution in [1.29, 1.82) is 0 Å². The van der Waals surface area contributed by atoms with E-state index in [1.165, 1.54) is 25.4 Å². The smallest absolute Gasteiger partial charge is 0.303 e. The first kappa shape index (κ1) is 19.2. The van der Waals surface area contributed by atoms with Gasteiger partial charge in [0.05, 0.1) is 11.4 Å². The molecule has 3 heterocycles. The fourth-order valence-corrected chi connectivity index (χ4v) is 2.40. The number of carbonyl (C=O) groups excluding carboxylic acids is 1. The summed E-state index contributed by atoms with van der Waals surface area (Å²) in [4.78, 5) is 31.4. The van der Waals surface area contributed by atoms with Crippen LogP contribution >= 0.6 is 0 Å². The molecule has 3 aromatic heterocycles. The molecular weight excluding hydrogens is 368 g/mol. The fourth-order valence-electron chi connectivity index (χ4n) is 2.40. The Hall–Kier alpha value is -3.56. The summed E-state index contributed by atoms with van der Waals surface area (Å²) in [5.41, 5.74) is 1.64. The van der Waals surface area contributed by atoms with Gasteiger partial charge in [-0.1, -0.05) is 0 Å². The third-order valence-electron chi connectivity index (χ3n) is 3.57. The van der Waals surface area contributed by atoms with E-state index in [2.05, 4.69) is 35.6 Å². The molecule has 28 heavy (non-hydrogen) atoms. The largest absolute Gasteiger partial charge is 0.339 e. The van der Waals surface area contributed by atoms with Gasteiger partial charge in [0.15, 0.2) is 0 Å². The average molecular weight is 385 g/mol. The molecule has 3 rings (SSSR count). The normalized spacial score (nSPS) is 11.2. The highest BCUT2D eigenvalue weighted by Crippen LogP contribution is 2.31. The van der Waals surface area contributed by atoms with E-state index < -0.39 is 11.7 Å². The first-order chi connectivity index (χ1) is 13.2. The summed E-state index contributed by atoms with van der Waals surface area (Å²) in [6.07, 6.45) is 4.36. The lowest BCUT2D eigenvalue weighted by Crippen LogP contribution is -2.13. The molecule has 0 atom stereocenters. The van der Waals surface area contributed by atoms with Crippen LogP contribution in [0.15, 0.2) is 36.8 Å². The van der Waals surface area contributed by atoms with Crippen LogP contribution in [0.1, 0.15) is 25.5 Å². The van der Waals surface area contributed by atoms with E-state index in [0.29, 0.717) is 28.6 Å². The molecule has 0 bridgehead atoms. The van der Waals surface area contributed by atoms with Gasteiger partial charge in [0.2, 0.25) is 11.7 Å². The molecule has 0 aliphatic rings. The maximum Gasteiger partial charge on any atom is 0.303 e. The number of nitrogens with one attached hydrogen (secondary N) is 2. The van der Waals surface area contributed by atoms with Gasteiger partial charge in [0.25, 0.3) is 0 Å². The minimum Gasteiger partial charge on any atom is -0.339 e. The minimum atomic E-state index is -3.18. The lowest BCUT2D eigenvalue weighted by molar-refractivity contribution is -0.114. The van der Waals surface area contributed by atoms with Crippen LogP contribution in [-0.2, 0) is 10.7 Å².